The van der Waals surface area contributed by atoms with Gasteiger partial charge in [-0.3, -0.25) is 4.79 Å². The van der Waals surface area contributed by atoms with E-state index >= 15 is 0 Å². The fourth-order valence-corrected chi connectivity index (χ4v) is 2.82. The second-order valence-electron chi connectivity index (χ2n) is 5.79. The van der Waals surface area contributed by atoms with E-state index in [0.29, 0.717) is 6.42 Å². The van der Waals surface area contributed by atoms with Gasteiger partial charge < -0.3 is 10.4 Å². The van der Waals surface area contributed by atoms with Crippen molar-refractivity contribution in [1.29, 1.82) is 0 Å². The van der Waals surface area contributed by atoms with Crippen molar-refractivity contribution in [2.45, 2.75) is 32.2 Å². The van der Waals surface area contributed by atoms with Gasteiger partial charge in [-0.15, -0.1) is 0 Å². The zero-order valence-corrected chi connectivity index (χ0v) is 13.6. The van der Waals surface area contributed by atoms with Gasteiger partial charge in [-0.05, 0) is 36.9 Å². The minimum absolute atomic E-state index is 0.141. The monoisotopic (exact) mass is 311 g/mol. The van der Waals surface area contributed by atoms with E-state index in [1.165, 1.54) is 11.1 Å². The van der Waals surface area contributed by atoms with Crippen LogP contribution in [0.1, 0.15) is 43.4 Å². The van der Waals surface area contributed by atoms with Crippen LogP contribution in [-0.2, 0) is 4.79 Å². The smallest absolute Gasteiger partial charge is 0.306 e. The molecule has 2 rings (SSSR count). The average molecular weight is 311 g/mol. The Morgan fingerprint density at radius 3 is 1.96 bits per heavy atom. The number of nitrogens with one attached hydrogen (secondary N) is 1. The molecule has 3 heteroatoms. The molecule has 1 unspecified atom stereocenters. The van der Waals surface area contributed by atoms with Gasteiger partial charge >= 0.3 is 5.97 Å². The normalized spacial score (nSPS) is 12.3. The van der Waals surface area contributed by atoms with Crippen molar-refractivity contribution in [1.82, 2.24) is 5.32 Å². The molecule has 0 saturated heterocycles. The summed E-state index contributed by atoms with van der Waals surface area (Å²) in [5.41, 5.74) is 2.45. The summed E-state index contributed by atoms with van der Waals surface area (Å²) < 4.78 is 0. The van der Waals surface area contributed by atoms with Crippen molar-refractivity contribution in [3.63, 3.8) is 0 Å². The summed E-state index contributed by atoms with van der Waals surface area (Å²) in [5, 5.41) is 12.7. The molecular formula is C20H25NO2. The van der Waals surface area contributed by atoms with Gasteiger partial charge in [-0.2, -0.15) is 0 Å². The minimum atomic E-state index is -0.685. The number of benzene rings is 2. The molecule has 0 heterocycles. The molecule has 0 saturated carbocycles. The lowest BCUT2D eigenvalue weighted by molar-refractivity contribution is -0.142. The Hall–Kier alpha value is -2.13. The molecule has 3 nitrogen and oxygen atoms in total. The molecule has 2 N–H and O–H groups in total. The summed E-state index contributed by atoms with van der Waals surface area (Å²) in [6, 6.07) is 20.8. The van der Waals surface area contributed by atoms with Gasteiger partial charge in [-0.1, -0.05) is 67.6 Å². The minimum Gasteiger partial charge on any atom is -0.481 e. The fourth-order valence-electron chi connectivity index (χ4n) is 2.82. The molecule has 122 valence electrons. The lowest BCUT2D eigenvalue weighted by Crippen LogP contribution is -2.24. The summed E-state index contributed by atoms with van der Waals surface area (Å²) in [7, 11) is 0. The maximum Gasteiger partial charge on any atom is 0.306 e. The number of hydrogen-bond donors (Lipinski definition) is 2. The third kappa shape index (κ3) is 5.22. The molecule has 0 bridgehead atoms. The van der Waals surface area contributed by atoms with Crippen molar-refractivity contribution >= 4 is 5.97 Å². The highest BCUT2D eigenvalue weighted by molar-refractivity contribution is 5.69. The van der Waals surface area contributed by atoms with Crippen molar-refractivity contribution in [2.24, 2.45) is 5.92 Å². The zero-order chi connectivity index (χ0) is 16.5. The van der Waals surface area contributed by atoms with Gasteiger partial charge in [0.15, 0.2) is 0 Å². The van der Waals surface area contributed by atoms with E-state index in [2.05, 4.69) is 29.6 Å². The van der Waals surface area contributed by atoms with E-state index in [1.807, 2.05) is 43.3 Å². The molecule has 0 spiro atoms. The van der Waals surface area contributed by atoms with Crippen LogP contribution in [0.2, 0.25) is 0 Å². The second-order valence-corrected chi connectivity index (χ2v) is 5.79. The molecule has 0 aliphatic carbocycles. The van der Waals surface area contributed by atoms with Crippen LogP contribution < -0.4 is 5.32 Å². The van der Waals surface area contributed by atoms with Crippen molar-refractivity contribution in [3.8, 4) is 0 Å². The molecule has 0 radical (unpaired) electrons. The van der Waals surface area contributed by atoms with Crippen LogP contribution in [0.3, 0.4) is 0 Å². The summed E-state index contributed by atoms with van der Waals surface area (Å²) in [6.45, 7) is 2.74. The first-order valence-electron chi connectivity index (χ1n) is 8.28. The van der Waals surface area contributed by atoms with Gasteiger partial charge in [0.1, 0.15) is 0 Å². The van der Waals surface area contributed by atoms with Crippen LogP contribution >= 0.6 is 0 Å². The van der Waals surface area contributed by atoms with Crippen molar-refractivity contribution in [2.75, 3.05) is 6.54 Å². The van der Waals surface area contributed by atoms with Crippen LogP contribution in [0.5, 0.6) is 0 Å². The number of aliphatic carboxylic acids is 1. The van der Waals surface area contributed by atoms with Crippen LogP contribution in [0.25, 0.3) is 0 Å². The molecule has 2 aromatic carbocycles. The molecule has 0 aromatic heterocycles. The van der Waals surface area contributed by atoms with E-state index in [9.17, 15) is 4.79 Å². The Balaban J connectivity index is 1.98. The van der Waals surface area contributed by atoms with E-state index < -0.39 is 5.97 Å². The lowest BCUT2D eigenvalue weighted by Gasteiger charge is -2.20. The summed E-state index contributed by atoms with van der Waals surface area (Å²) >= 11 is 0. The molecule has 0 fully saturated rings. The fraction of sp³-hybridized carbons (Fsp3) is 0.350. The number of rotatable bonds is 9. The molecule has 0 aliphatic rings. The highest BCUT2D eigenvalue weighted by atomic mass is 16.4. The van der Waals surface area contributed by atoms with Gasteiger partial charge in [0, 0.05) is 0 Å². The second kappa shape index (κ2) is 9.11. The highest BCUT2D eigenvalue weighted by Crippen LogP contribution is 2.22. The van der Waals surface area contributed by atoms with Crippen LogP contribution in [0, 0.1) is 5.92 Å². The third-order valence-corrected chi connectivity index (χ3v) is 4.19. The van der Waals surface area contributed by atoms with Gasteiger partial charge in [-0.25, -0.2) is 0 Å². The third-order valence-electron chi connectivity index (χ3n) is 4.19. The summed E-state index contributed by atoms with van der Waals surface area (Å²) in [4.78, 5) is 11.1. The van der Waals surface area contributed by atoms with Crippen LogP contribution in [0.4, 0.5) is 0 Å². The van der Waals surface area contributed by atoms with E-state index in [0.717, 1.165) is 19.4 Å². The van der Waals surface area contributed by atoms with Gasteiger partial charge in [0.25, 0.3) is 0 Å². The average Bonchev–Trinajstić information content (AvgIpc) is 2.59. The topological polar surface area (TPSA) is 49.3 Å². The van der Waals surface area contributed by atoms with Gasteiger partial charge in [0.2, 0.25) is 0 Å². The predicted molar refractivity (Wildman–Crippen MR) is 93.4 cm³/mol. The Kier molecular flexibility index (Phi) is 6.82. The maximum atomic E-state index is 11.1. The van der Waals surface area contributed by atoms with Crippen LogP contribution in [-0.4, -0.2) is 17.6 Å². The molecule has 1 atom stereocenters. The summed E-state index contributed by atoms with van der Waals surface area (Å²) in [6.07, 6.45) is 2.27. The Labute approximate surface area is 138 Å². The van der Waals surface area contributed by atoms with Crippen molar-refractivity contribution < 1.29 is 9.90 Å². The zero-order valence-electron chi connectivity index (χ0n) is 13.6. The standard InChI is InChI=1S/C20H25NO2/c1-2-16(20(22)23)14-9-15-21-19(17-10-5-3-6-11-17)18-12-7-4-8-13-18/h3-8,10-13,16,19,21H,2,9,14-15H2,1H3,(H,22,23). The quantitative estimate of drug-likeness (QED) is 0.680. The summed E-state index contributed by atoms with van der Waals surface area (Å²) in [5.74, 6) is -0.918. The van der Waals surface area contributed by atoms with E-state index in [1.54, 1.807) is 0 Å². The van der Waals surface area contributed by atoms with Gasteiger partial charge in [0.05, 0.1) is 12.0 Å². The molecule has 0 amide bonds. The number of carbonyl (C=O) groups is 1. The first kappa shape index (κ1) is 17.2. The number of carboxylic acid groups (broad SMARTS) is 1. The molecular weight excluding hydrogens is 286 g/mol. The molecule has 0 aliphatic heterocycles. The molecule has 2 aromatic rings. The lowest BCUT2D eigenvalue weighted by atomic mass is 9.97. The first-order valence-corrected chi connectivity index (χ1v) is 8.28. The predicted octanol–water partition coefficient (Wildman–Crippen LogP) is 4.26. The Morgan fingerprint density at radius 1 is 1.00 bits per heavy atom. The van der Waals surface area contributed by atoms with E-state index in [-0.39, 0.29) is 12.0 Å². The SMILES string of the molecule is CCC(CCCNC(c1ccccc1)c1ccccc1)C(=O)O. The number of carboxylic acids is 1. The molecule has 23 heavy (non-hydrogen) atoms. The first-order chi connectivity index (χ1) is 11.2. The van der Waals surface area contributed by atoms with Crippen molar-refractivity contribution in [3.05, 3.63) is 71.8 Å². The van der Waals surface area contributed by atoms with E-state index in [4.69, 9.17) is 5.11 Å². The Morgan fingerprint density at radius 2 is 1.52 bits per heavy atom. The Bertz CT molecular complexity index is 544. The largest absolute Gasteiger partial charge is 0.481 e. The van der Waals surface area contributed by atoms with Crippen LogP contribution in [0.15, 0.2) is 60.7 Å². The highest BCUT2D eigenvalue weighted by Gasteiger charge is 2.16. The maximum absolute atomic E-state index is 11.1. The number of hydrogen-bond acceptors (Lipinski definition) is 2.